The van der Waals surface area contributed by atoms with E-state index in [0.29, 0.717) is 23.0 Å². The molecule has 2 rings (SSSR count). The smallest absolute Gasteiger partial charge is 0.335 e. The van der Waals surface area contributed by atoms with Crippen molar-refractivity contribution in [1.82, 2.24) is 0 Å². The Morgan fingerprint density at radius 1 is 0.640 bits per heavy atom. The van der Waals surface area contributed by atoms with Gasteiger partial charge in [0.15, 0.2) is 0 Å². The standard InChI is InChI=1S/2C10H12O2.Cu/c2*1-7(2)8-3-5-9(6-4-8)10(11)12;/h2*3-7H,1-2H3,(H,11,12);. The molecule has 0 saturated carbocycles. The Kier molecular flexibility index (Phi) is 9.80. The van der Waals surface area contributed by atoms with Crippen molar-refractivity contribution in [3.63, 3.8) is 0 Å². The van der Waals surface area contributed by atoms with Crippen LogP contribution < -0.4 is 0 Å². The first-order valence-corrected chi connectivity index (χ1v) is 7.88. The van der Waals surface area contributed by atoms with Gasteiger partial charge in [0.25, 0.3) is 0 Å². The molecule has 0 spiro atoms. The van der Waals surface area contributed by atoms with E-state index in [9.17, 15) is 9.59 Å². The first-order chi connectivity index (χ1) is 11.2. The second-order valence-electron chi connectivity index (χ2n) is 6.16. The molecule has 2 N–H and O–H groups in total. The molecule has 0 saturated heterocycles. The number of aromatic carboxylic acids is 2. The van der Waals surface area contributed by atoms with E-state index in [4.69, 9.17) is 10.2 Å². The van der Waals surface area contributed by atoms with Gasteiger partial charge in [0, 0.05) is 17.1 Å². The molecule has 0 bridgehead atoms. The Morgan fingerprint density at radius 2 is 0.880 bits per heavy atom. The molecular weight excluding hydrogens is 368 g/mol. The summed E-state index contributed by atoms with van der Waals surface area (Å²) in [6.07, 6.45) is 0. The molecule has 0 aliphatic carbocycles. The van der Waals surface area contributed by atoms with Crippen molar-refractivity contribution in [1.29, 1.82) is 0 Å². The number of rotatable bonds is 4. The summed E-state index contributed by atoms with van der Waals surface area (Å²) in [5.74, 6) is -0.837. The van der Waals surface area contributed by atoms with Crippen LogP contribution in [0.1, 0.15) is 71.4 Å². The molecule has 0 aliphatic heterocycles. The summed E-state index contributed by atoms with van der Waals surface area (Å²) in [6, 6.07) is 14.0. The number of carboxylic acid groups (broad SMARTS) is 2. The molecule has 0 amide bonds. The Balaban J connectivity index is 0.000000443. The Labute approximate surface area is 159 Å². The van der Waals surface area contributed by atoms with E-state index >= 15 is 0 Å². The molecule has 2 aromatic rings. The molecular formula is C20H24CuO4. The minimum atomic E-state index is -0.870. The van der Waals surface area contributed by atoms with Crippen LogP contribution in [-0.2, 0) is 17.1 Å². The Bertz CT molecular complexity index is 612. The van der Waals surface area contributed by atoms with E-state index in [2.05, 4.69) is 27.7 Å². The second-order valence-corrected chi connectivity index (χ2v) is 6.16. The van der Waals surface area contributed by atoms with Crippen LogP contribution in [0.25, 0.3) is 0 Å². The minimum Gasteiger partial charge on any atom is -0.478 e. The van der Waals surface area contributed by atoms with E-state index in [-0.39, 0.29) is 17.1 Å². The van der Waals surface area contributed by atoms with Crippen molar-refractivity contribution in [3.05, 3.63) is 70.8 Å². The molecule has 0 fully saturated rings. The zero-order chi connectivity index (χ0) is 18.3. The quantitative estimate of drug-likeness (QED) is 0.718. The number of carbonyl (C=O) groups is 2. The SMILES string of the molecule is CC(C)c1ccc(C(=O)O)cc1.CC(C)c1ccc(C(=O)O)cc1.[Cu]. The fourth-order valence-corrected chi connectivity index (χ4v) is 2.02. The predicted molar refractivity (Wildman–Crippen MR) is 95.0 cm³/mol. The van der Waals surface area contributed by atoms with Crippen LogP contribution in [0.4, 0.5) is 0 Å². The summed E-state index contributed by atoms with van der Waals surface area (Å²) in [5.41, 5.74) is 3.03. The van der Waals surface area contributed by atoms with Crippen LogP contribution in [0.2, 0.25) is 0 Å². The van der Waals surface area contributed by atoms with Gasteiger partial charge in [0.2, 0.25) is 0 Å². The van der Waals surface area contributed by atoms with Crippen molar-refractivity contribution >= 4 is 11.9 Å². The van der Waals surface area contributed by atoms with E-state index in [1.807, 2.05) is 24.3 Å². The maximum Gasteiger partial charge on any atom is 0.335 e. The zero-order valence-electron chi connectivity index (χ0n) is 14.8. The first kappa shape index (κ1) is 22.9. The molecule has 0 aromatic heterocycles. The maximum absolute atomic E-state index is 10.5. The van der Waals surface area contributed by atoms with E-state index in [1.54, 1.807) is 24.3 Å². The molecule has 5 heteroatoms. The molecule has 139 valence electrons. The third-order valence-corrected chi connectivity index (χ3v) is 3.65. The maximum atomic E-state index is 10.5. The molecule has 4 nitrogen and oxygen atoms in total. The number of benzene rings is 2. The molecule has 0 heterocycles. The van der Waals surface area contributed by atoms with Crippen LogP contribution in [-0.4, -0.2) is 22.2 Å². The monoisotopic (exact) mass is 391 g/mol. The minimum absolute atomic E-state index is 0. The number of carboxylic acids is 2. The van der Waals surface area contributed by atoms with Crippen LogP contribution in [0, 0.1) is 0 Å². The number of hydrogen-bond donors (Lipinski definition) is 2. The van der Waals surface area contributed by atoms with Crippen molar-refractivity contribution in [2.75, 3.05) is 0 Å². The van der Waals surface area contributed by atoms with E-state index < -0.39 is 11.9 Å². The van der Waals surface area contributed by atoms with Gasteiger partial charge in [-0.15, -0.1) is 0 Å². The van der Waals surface area contributed by atoms with Gasteiger partial charge in [0.05, 0.1) is 11.1 Å². The van der Waals surface area contributed by atoms with Crippen LogP contribution in [0.15, 0.2) is 48.5 Å². The molecule has 25 heavy (non-hydrogen) atoms. The number of hydrogen-bond acceptors (Lipinski definition) is 2. The molecule has 1 radical (unpaired) electrons. The third-order valence-electron chi connectivity index (χ3n) is 3.65. The topological polar surface area (TPSA) is 74.6 Å². The van der Waals surface area contributed by atoms with Gasteiger partial charge in [-0.3, -0.25) is 0 Å². The van der Waals surface area contributed by atoms with Crippen LogP contribution >= 0.6 is 0 Å². The van der Waals surface area contributed by atoms with Gasteiger partial charge in [-0.1, -0.05) is 52.0 Å². The second kappa shape index (κ2) is 10.7. The normalized spacial score (nSPS) is 9.84. The molecule has 0 atom stereocenters. The summed E-state index contributed by atoms with van der Waals surface area (Å²) >= 11 is 0. The summed E-state index contributed by atoms with van der Waals surface area (Å²) < 4.78 is 0. The summed E-state index contributed by atoms with van der Waals surface area (Å²) in [4.78, 5) is 21.0. The molecule has 2 aromatic carbocycles. The fraction of sp³-hybridized carbons (Fsp3) is 0.300. The average molecular weight is 392 g/mol. The van der Waals surface area contributed by atoms with Gasteiger partial charge < -0.3 is 10.2 Å². The van der Waals surface area contributed by atoms with Crippen molar-refractivity contribution < 1.29 is 36.9 Å². The van der Waals surface area contributed by atoms with Crippen molar-refractivity contribution in [3.8, 4) is 0 Å². The zero-order valence-corrected chi connectivity index (χ0v) is 15.7. The van der Waals surface area contributed by atoms with E-state index in [0.717, 1.165) is 0 Å². The predicted octanol–water partition coefficient (Wildman–Crippen LogP) is 5.01. The van der Waals surface area contributed by atoms with Gasteiger partial charge in [-0.2, -0.15) is 0 Å². The summed E-state index contributed by atoms with van der Waals surface area (Å²) in [6.45, 7) is 8.32. The summed E-state index contributed by atoms with van der Waals surface area (Å²) in [5, 5.41) is 17.2. The fourth-order valence-electron chi connectivity index (χ4n) is 2.02. The Morgan fingerprint density at radius 3 is 1.04 bits per heavy atom. The van der Waals surface area contributed by atoms with E-state index in [1.165, 1.54) is 11.1 Å². The van der Waals surface area contributed by atoms with Crippen molar-refractivity contribution in [2.45, 2.75) is 39.5 Å². The van der Waals surface area contributed by atoms with Gasteiger partial charge in [-0.05, 0) is 47.2 Å². The summed E-state index contributed by atoms with van der Waals surface area (Å²) in [7, 11) is 0. The largest absolute Gasteiger partial charge is 0.478 e. The van der Waals surface area contributed by atoms with Gasteiger partial charge in [-0.25, -0.2) is 9.59 Å². The van der Waals surface area contributed by atoms with Crippen LogP contribution in [0.5, 0.6) is 0 Å². The third kappa shape index (κ3) is 7.55. The average Bonchev–Trinajstić information content (AvgIpc) is 2.55. The molecule has 0 unspecified atom stereocenters. The first-order valence-electron chi connectivity index (χ1n) is 7.88. The van der Waals surface area contributed by atoms with Crippen molar-refractivity contribution in [2.24, 2.45) is 0 Å². The van der Waals surface area contributed by atoms with Gasteiger partial charge >= 0.3 is 11.9 Å². The van der Waals surface area contributed by atoms with Gasteiger partial charge in [0.1, 0.15) is 0 Å². The Hall–Kier alpha value is -2.10. The van der Waals surface area contributed by atoms with Crippen LogP contribution in [0.3, 0.4) is 0 Å². The molecule has 0 aliphatic rings.